The number of aliphatic hydroxyl groups is 2. The summed E-state index contributed by atoms with van der Waals surface area (Å²) in [5, 5.41) is 35.4. The molecule has 1 aliphatic heterocycles. The number of anilines is 1. The standard InChI is InChI=1S/C19H20N8O2S/c1-26-24-17(23-25-26)12-4-2-3-11(7-12)8-21-18-19-22-9-13(27(19)6-5-20-18)16-15(29)14(28)10-30-16/h2-7,9,14-16,28-29H,8,10H2,1H3,(H,20,21)/t14-,15-,16+/m1/s1. The fourth-order valence-corrected chi connectivity index (χ4v) is 4.87. The van der Waals surface area contributed by atoms with Crippen molar-refractivity contribution in [3.8, 4) is 11.4 Å². The van der Waals surface area contributed by atoms with Crippen LogP contribution in [0.1, 0.15) is 16.5 Å². The Bertz CT molecular complexity index is 1190. The average molecular weight is 424 g/mol. The number of aryl methyl sites for hydroxylation is 1. The minimum Gasteiger partial charge on any atom is -0.390 e. The highest BCUT2D eigenvalue weighted by Gasteiger charge is 2.37. The lowest BCUT2D eigenvalue weighted by Gasteiger charge is -2.15. The summed E-state index contributed by atoms with van der Waals surface area (Å²) < 4.78 is 1.91. The van der Waals surface area contributed by atoms with E-state index in [0.717, 1.165) is 16.8 Å². The van der Waals surface area contributed by atoms with E-state index in [1.54, 1.807) is 19.4 Å². The average Bonchev–Trinajstić information content (AvgIpc) is 3.46. The minimum absolute atomic E-state index is 0.221. The third kappa shape index (κ3) is 3.40. The number of imidazole rings is 1. The number of thioether (sulfide) groups is 1. The minimum atomic E-state index is -0.808. The van der Waals surface area contributed by atoms with Gasteiger partial charge >= 0.3 is 0 Å². The smallest absolute Gasteiger partial charge is 0.204 e. The van der Waals surface area contributed by atoms with Crippen molar-refractivity contribution in [2.75, 3.05) is 11.1 Å². The van der Waals surface area contributed by atoms with Crippen molar-refractivity contribution in [3.05, 3.63) is 54.1 Å². The van der Waals surface area contributed by atoms with Gasteiger partial charge in [-0.25, -0.2) is 9.97 Å². The van der Waals surface area contributed by atoms with E-state index in [1.165, 1.54) is 16.6 Å². The van der Waals surface area contributed by atoms with Crippen LogP contribution in [0.4, 0.5) is 5.82 Å². The summed E-state index contributed by atoms with van der Waals surface area (Å²) in [7, 11) is 1.73. The molecular weight excluding hydrogens is 404 g/mol. The van der Waals surface area contributed by atoms with Gasteiger partial charge in [0.05, 0.1) is 36.4 Å². The van der Waals surface area contributed by atoms with Crippen LogP contribution in [-0.2, 0) is 13.6 Å². The Balaban J connectivity index is 1.38. The quantitative estimate of drug-likeness (QED) is 0.431. The van der Waals surface area contributed by atoms with Crippen molar-refractivity contribution in [3.63, 3.8) is 0 Å². The van der Waals surface area contributed by atoms with Crippen LogP contribution in [0.5, 0.6) is 0 Å². The molecule has 0 aliphatic carbocycles. The van der Waals surface area contributed by atoms with Crippen LogP contribution in [0.25, 0.3) is 17.0 Å². The topological polar surface area (TPSA) is 126 Å². The van der Waals surface area contributed by atoms with E-state index in [2.05, 4.69) is 30.7 Å². The lowest BCUT2D eigenvalue weighted by Crippen LogP contribution is -2.25. The largest absolute Gasteiger partial charge is 0.390 e. The van der Waals surface area contributed by atoms with Gasteiger partial charge in [-0.2, -0.15) is 4.80 Å². The zero-order valence-electron chi connectivity index (χ0n) is 16.1. The molecule has 4 aromatic rings. The third-order valence-corrected chi connectivity index (χ3v) is 6.47. The molecule has 3 aromatic heterocycles. The number of aromatic nitrogens is 7. The van der Waals surface area contributed by atoms with Crippen LogP contribution in [0, 0.1) is 0 Å². The lowest BCUT2D eigenvalue weighted by molar-refractivity contribution is 0.0411. The first-order chi connectivity index (χ1) is 14.6. The predicted molar refractivity (Wildman–Crippen MR) is 112 cm³/mol. The Morgan fingerprint density at radius 3 is 2.93 bits per heavy atom. The number of nitrogens with zero attached hydrogens (tertiary/aromatic N) is 7. The molecule has 1 aromatic carbocycles. The van der Waals surface area contributed by atoms with Crippen molar-refractivity contribution in [2.24, 2.45) is 7.05 Å². The van der Waals surface area contributed by atoms with Crippen molar-refractivity contribution in [1.29, 1.82) is 0 Å². The van der Waals surface area contributed by atoms with Crippen LogP contribution >= 0.6 is 11.8 Å². The van der Waals surface area contributed by atoms with E-state index >= 15 is 0 Å². The molecule has 0 spiro atoms. The molecule has 1 saturated heterocycles. The molecule has 1 fully saturated rings. The first kappa shape index (κ1) is 19.0. The van der Waals surface area contributed by atoms with E-state index in [9.17, 15) is 10.2 Å². The maximum Gasteiger partial charge on any atom is 0.204 e. The Labute approximate surface area is 176 Å². The second-order valence-electron chi connectivity index (χ2n) is 7.12. The summed E-state index contributed by atoms with van der Waals surface area (Å²) in [6.45, 7) is 0.544. The van der Waals surface area contributed by atoms with Gasteiger partial charge in [-0.05, 0) is 16.8 Å². The van der Waals surface area contributed by atoms with E-state index in [-0.39, 0.29) is 5.25 Å². The number of aliphatic hydroxyl groups excluding tert-OH is 2. The molecule has 0 saturated carbocycles. The Kier molecular flexibility index (Phi) is 4.85. The van der Waals surface area contributed by atoms with Gasteiger partial charge in [-0.1, -0.05) is 18.2 Å². The van der Waals surface area contributed by atoms with E-state index in [1.807, 2.05) is 34.9 Å². The van der Waals surface area contributed by atoms with Crippen molar-refractivity contribution >= 4 is 23.2 Å². The molecule has 30 heavy (non-hydrogen) atoms. The highest BCUT2D eigenvalue weighted by Crippen LogP contribution is 2.40. The monoisotopic (exact) mass is 424 g/mol. The molecule has 11 heteroatoms. The highest BCUT2D eigenvalue weighted by molar-refractivity contribution is 7.99. The summed E-state index contributed by atoms with van der Waals surface area (Å²) in [5.74, 6) is 1.73. The van der Waals surface area contributed by atoms with Gasteiger partial charge in [-0.3, -0.25) is 4.40 Å². The van der Waals surface area contributed by atoms with E-state index < -0.39 is 12.2 Å². The molecule has 154 valence electrons. The zero-order chi connectivity index (χ0) is 20.7. The second kappa shape index (κ2) is 7.67. The Morgan fingerprint density at radius 1 is 1.27 bits per heavy atom. The predicted octanol–water partition coefficient (Wildman–Crippen LogP) is 1.04. The van der Waals surface area contributed by atoms with Crippen LogP contribution in [0.3, 0.4) is 0 Å². The number of hydrogen-bond donors (Lipinski definition) is 3. The SMILES string of the molecule is Cn1nnc(-c2cccc(CNc3nccn4c([C@@H]5SC[C@@H](O)[C@H]5O)cnc34)c2)n1. The Morgan fingerprint density at radius 2 is 2.17 bits per heavy atom. The van der Waals surface area contributed by atoms with Gasteiger partial charge in [0.15, 0.2) is 11.5 Å². The number of nitrogens with one attached hydrogen (secondary N) is 1. The molecule has 4 heterocycles. The van der Waals surface area contributed by atoms with Gasteiger partial charge in [0.1, 0.15) is 0 Å². The number of hydrogen-bond acceptors (Lipinski definition) is 9. The van der Waals surface area contributed by atoms with Crippen LogP contribution in [0.15, 0.2) is 42.9 Å². The summed E-state index contributed by atoms with van der Waals surface area (Å²) in [6.07, 6.45) is 3.73. The maximum absolute atomic E-state index is 10.3. The maximum atomic E-state index is 10.3. The fourth-order valence-electron chi connectivity index (χ4n) is 3.54. The Hall–Kier alpha value is -3.02. The molecule has 5 rings (SSSR count). The highest BCUT2D eigenvalue weighted by atomic mass is 32.2. The summed E-state index contributed by atoms with van der Waals surface area (Å²) in [4.78, 5) is 10.4. The van der Waals surface area contributed by atoms with Gasteiger partial charge in [0, 0.05) is 30.3 Å². The summed E-state index contributed by atoms with van der Waals surface area (Å²) >= 11 is 1.53. The molecule has 0 amide bonds. The molecular formula is C19H20N8O2S. The summed E-state index contributed by atoms with van der Waals surface area (Å²) in [5.41, 5.74) is 3.46. The molecule has 0 bridgehead atoms. The molecule has 0 unspecified atom stereocenters. The third-order valence-electron chi connectivity index (χ3n) is 5.05. The molecule has 3 atom stereocenters. The van der Waals surface area contributed by atoms with E-state index in [0.29, 0.717) is 29.6 Å². The fraction of sp³-hybridized carbons (Fsp3) is 0.316. The van der Waals surface area contributed by atoms with Gasteiger partial charge in [0.2, 0.25) is 5.82 Å². The molecule has 10 nitrogen and oxygen atoms in total. The number of benzene rings is 1. The first-order valence-corrected chi connectivity index (χ1v) is 10.5. The molecule has 0 radical (unpaired) electrons. The summed E-state index contributed by atoms with van der Waals surface area (Å²) in [6, 6.07) is 7.92. The van der Waals surface area contributed by atoms with Gasteiger partial charge in [0.25, 0.3) is 0 Å². The molecule has 1 aliphatic rings. The van der Waals surface area contributed by atoms with Crippen LogP contribution in [-0.4, -0.2) is 62.7 Å². The first-order valence-electron chi connectivity index (χ1n) is 9.47. The normalized spacial score (nSPS) is 21.4. The zero-order valence-corrected chi connectivity index (χ0v) is 16.9. The van der Waals surface area contributed by atoms with Crippen molar-refractivity contribution in [2.45, 2.75) is 24.0 Å². The van der Waals surface area contributed by atoms with Crippen molar-refractivity contribution < 1.29 is 10.2 Å². The number of tetrazole rings is 1. The van der Waals surface area contributed by atoms with Gasteiger partial charge in [-0.15, -0.1) is 22.0 Å². The lowest BCUT2D eigenvalue weighted by atomic mass is 10.1. The number of rotatable bonds is 5. The van der Waals surface area contributed by atoms with Crippen LogP contribution < -0.4 is 5.32 Å². The molecule has 3 N–H and O–H groups in total. The van der Waals surface area contributed by atoms with E-state index in [4.69, 9.17) is 0 Å². The number of fused-ring (bicyclic) bond motifs is 1. The second-order valence-corrected chi connectivity index (χ2v) is 8.30. The van der Waals surface area contributed by atoms with Crippen LogP contribution in [0.2, 0.25) is 0 Å². The van der Waals surface area contributed by atoms with Crippen molar-refractivity contribution in [1.82, 2.24) is 34.6 Å². The van der Waals surface area contributed by atoms with Gasteiger partial charge < -0.3 is 15.5 Å².